The van der Waals surface area contributed by atoms with Crippen molar-refractivity contribution in [1.82, 2.24) is 14.5 Å². The van der Waals surface area contributed by atoms with Crippen molar-refractivity contribution in [3.8, 4) is 0 Å². The van der Waals surface area contributed by atoms with Crippen molar-refractivity contribution in [2.45, 2.75) is 154 Å². The first kappa shape index (κ1) is 39.7. The molecular weight excluding hydrogens is 723 g/mol. The number of esters is 1. The smallest absolute Gasteiger partial charge is 0.410 e. The Morgan fingerprint density at radius 2 is 1.67 bits per heavy atom. The lowest BCUT2D eigenvalue weighted by Crippen LogP contribution is -2.48. The highest BCUT2D eigenvalue weighted by Gasteiger charge is 2.62. The van der Waals surface area contributed by atoms with Crippen LogP contribution in [0, 0.1) is 28.1 Å². The first-order chi connectivity index (χ1) is 26.0. The standard InChI is InChI=1S/C42H59N3O9S/c1-5-29-21-42(29,38(49)43-55(51,52)31-14-15-31)22-35(46)34-19-30-24-45(34)37(48)33(40(2,3)4)20-36(47)53-26-41(17-8-9-18-41)16-7-6-11-27-12-10-13-28-23-44(25-32(27)28)39(50)54-30/h10,12-13,29-31,33-34H,5-9,11,14-26H2,1-4H3,(H,43,49)/t29-,30-,33-,34+,42-/m1/s1. The van der Waals surface area contributed by atoms with Gasteiger partial charge in [-0.2, -0.15) is 0 Å². The molecular formula is C42H59N3O9S. The molecule has 1 spiro atoms. The molecule has 3 amide bonds. The first-order valence-electron chi connectivity index (χ1n) is 20.6. The first-order valence-corrected chi connectivity index (χ1v) is 22.2. The summed E-state index contributed by atoms with van der Waals surface area (Å²) in [7, 11) is -3.83. The average Bonchev–Trinajstić information content (AvgIpc) is 3.94. The summed E-state index contributed by atoms with van der Waals surface area (Å²) in [6, 6.07) is 5.19. The van der Waals surface area contributed by atoms with E-state index in [2.05, 4.69) is 10.8 Å². The molecule has 3 aliphatic carbocycles. The third-order valence-electron chi connectivity index (χ3n) is 13.7. The van der Waals surface area contributed by atoms with E-state index in [-0.39, 0.29) is 42.9 Å². The normalized spacial score (nSPS) is 30.2. The zero-order valence-electron chi connectivity index (χ0n) is 33.0. The van der Waals surface area contributed by atoms with Gasteiger partial charge in [0.25, 0.3) is 0 Å². The van der Waals surface area contributed by atoms with Crippen molar-refractivity contribution in [3.05, 3.63) is 34.9 Å². The van der Waals surface area contributed by atoms with Gasteiger partial charge in [-0.1, -0.05) is 71.6 Å². The minimum atomic E-state index is -3.83. The second-order valence-corrected chi connectivity index (χ2v) is 20.6. The number of rotatable bonds is 7. The molecule has 1 N–H and O–H groups in total. The van der Waals surface area contributed by atoms with E-state index in [1.54, 1.807) is 4.90 Å². The molecule has 1 saturated heterocycles. The van der Waals surface area contributed by atoms with Crippen LogP contribution in [0.2, 0.25) is 0 Å². The quantitative estimate of drug-likeness (QED) is 0.329. The molecule has 55 heavy (non-hydrogen) atoms. The van der Waals surface area contributed by atoms with Crippen LogP contribution in [-0.2, 0) is 58.2 Å². The van der Waals surface area contributed by atoms with Gasteiger partial charge in [-0.25, -0.2) is 13.2 Å². The average molecular weight is 782 g/mol. The number of ketones is 1. The highest BCUT2D eigenvalue weighted by Crippen LogP contribution is 2.58. The monoisotopic (exact) mass is 781 g/mol. The maximum atomic E-state index is 14.7. The van der Waals surface area contributed by atoms with Crippen molar-refractivity contribution in [2.24, 2.45) is 28.1 Å². The Kier molecular flexibility index (Phi) is 10.9. The molecule has 0 radical (unpaired) electrons. The largest absolute Gasteiger partial charge is 0.465 e. The molecule has 0 unspecified atom stereocenters. The number of hydrogen-bond acceptors (Lipinski definition) is 9. The van der Waals surface area contributed by atoms with E-state index in [1.165, 1.54) is 10.5 Å². The fraction of sp³-hybridized carbons (Fsp3) is 0.738. The molecule has 302 valence electrons. The maximum Gasteiger partial charge on any atom is 0.410 e. The summed E-state index contributed by atoms with van der Waals surface area (Å²) < 4.78 is 39.9. The summed E-state index contributed by atoms with van der Waals surface area (Å²) in [5, 5.41) is -0.589. The van der Waals surface area contributed by atoms with Gasteiger partial charge in [0.15, 0.2) is 5.78 Å². The molecule has 12 nitrogen and oxygen atoms in total. The number of carbonyl (C=O) groups is 5. The molecule has 1 aromatic rings. The minimum absolute atomic E-state index is 0.0375. The molecule has 1 aromatic carbocycles. The Morgan fingerprint density at radius 1 is 0.982 bits per heavy atom. The number of carbonyl (C=O) groups excluding carboxylic acids is 5. The number of Topliss-reactive ketones (excluding diaryl/α,β-unsaturated/α-hetero) is 1. The van der Waals surface area contributed by atoms with Crippen LogP contribution in [0.3, 0.4) is 0 Å². The second kappa shape index (κ2) is 15.1. The topological polar surface area (TPSA) is 156 Å². The van der Waals surface area contributed by atoms with Gasteiger partial charge in [-0.05, 0) is 79.4 Å². The lowest BCUT2D eigenvalue weighted by atomic mass is 9.77. The molecule has 3 saturated carbocycles. The number of cyclic esters (lactones) is 1. The zero-order chi connectivity index (χ0) is 39.3. The fourth-order valence-corrected chi connectivity index (χ4v) is 11.3. The number of nitrogens with zero attached hydrogens (tertiary/aromatic N) is 2. The Balaban J connectivity index is 1.16. The molecule has 4 bridgehead atoms. The van der Waals surface area contributed by atoms with Gasteiger partial charge in [0.1, 0.15) is 6.10 Å². The third kappa shape index (κ3) is 8.33. The van der Waals surface area contributed by atoms with E-state index in [0.717, 1.165) is 62.5 Å². The third-order valence-corrected chi connectivity index (χ3v) is 15.5. The van der Waals surface area contributed by atoms with Gasteiger partial charge in [0.05, 0.1) is 42.2 Å². The van der Waals surface area contributed by atoms with Crippen LogP contribution in [0.4, 0.5) is 4.79 Å². The van der Waals surface area contributed by atoms with Crippen LogP contribution < -0.4 is 4.72 Å². The molecule has 5 atom stereocenters. The molecule has 7 rings (SSSR count). The van der Waals surface area contributed by atoms with Crippen molar-refractivity contribution >= 4 is 39.7 Å². The summed E-state index contributed by atoms with van der Waals surface area (Å²) in [6.45, 7) is 8.70. The summed E-state index contributed by atoms with van der Waals surface area (Å²) in [4.78, 5) is 73.3. The lowest BCUT2D eigenvalue weighted by Gasteiger charge is -2.35. The highest BCUT2D eigenvalue weighted by atomic mass is 32.2. The molecule has 3 aliphatic heterocycles. The van der Waals surface area contributed by atoms with Gasteiger partial charge >= 0.3 is 12.1 Å². The summed E-state index contributed by atoms with van der Waals surface area (Å²) in [5.74, 6) is -2.89. The van der Waals surface area contributed by atoms with Gasteiger partial charge < -0.3 is 14.4 Å². The van der Waals surface area contributed by atoms with E-state index in [4.69, 9.17) is 9.47 Å². The fourth-order valence-electron chi connectivity index (χ4n) is 9.95. The SMILES string of the molecule is CC[C@@H]1C[C@]1(CC(=O)[C@@H]1C[C@@H]2CN1C(=O)[C@H](C(C)(C)C)CC(=O)OCC1(CCCCc3cccc4c3CN(C4)C(=O)O2)CCCC1)C(=O)NS(=O)(=O)C1CC1. The summed E-state index contributed by atoms with van der Waals surface area (Å²) >= 11 is 0. The second-order valence-electron chi connectivity index (χ2n) is 18.6. The Labute approximate surface area is 325 Å². The van der Waals surface area contributed by atoms with Gasteiger partial charge in [-0.15, -0.1) is 0 Å². The molecule has 13 heteroatoms. The number of benzene rings is 1. The van der Waals surface area contributed by atoms with Gasteiger partial charge in [0.2, 0.25) is 21.8 Å². The van der Waals surface area contributed by atoms with E-state index in [1.807, 2.05) is 39.8 Å². The predicted octanol–water partition coefficient (Wildman–Crippen LogP) is 5.97. The number of aryl methyl sites for hydroxylation is 1. The van der Waals surface area contributed by atoms with Crippen LogP contribution in [0.5, 0.6) is 0 Å². The maximum absolute atomic E-state index is 14.7. The number of ether oxygens (including phenoxy) is 2. The van der Waals surface area contributed by atoms with Crippen LogP contribution >= 0.6 is 0 Å². The van der Waals surface area contributed by atoms with Crippen LogP contribution in [0.25, 0.3) is 0 Å². The van der Waals surface area contributed by atoms with Crippen molar-refractivity contribution < 1.29 is 41.9 Å². The van der Waals surface area contributed by atoms with Crippen LogP contribution in [-0.4, -0.2) is 78.4 Å². The molecule has 3 heterocycles. The van der Waals surface area contributed by atoms with Gasteiger partial charge in [-0.3, -0.25) is 28.8 Å². The Hall–Kier alpha value is -3.48. The number of sulfonamides is 1. The lowest BCUT2D eigenvalue weighted by molar-refractivity contribution is -0.155. The van der Waals surface area contributed by atoms with E-state index >= 15 is 0 Å². The van der Waals surface area contributed by atoms with Crippen molar-refractivity contribution in [3.63, 3.8) is 0 Å². The number of hydrogen-bond donors (Lipinski definition) is 1. The molecule has 6 aliphatic rings. The summed E-state index contributed by atoms with van der Waals surface area (Å²) in [6.07, 6.45) is 8.34. The number of amides is 3. The van der Waals surface area contributed by atoms with Crippen molar-refractivity contribution in [2.75, 3.05) is 13.2 Å². The minimum Gasteiger partial charge on any atom is -0.465 e. The Bertz CT molecular complexity index is 1810. The predicted molar refractivity (Wildman–Crippen MR) is 204 cm³/mol. The van der Waals surface area contributed by atoms with Crippen LogP contribution in [0.1, 0.15) is 134 Å². The number of nitrogens with one attached hydrogen (secondary N) is 1. The summed E-state index contributed by atoms with van der Waals surface area (Å²) in [5.41, 5.74) is 1.51. The van der Waals surface area contributed by atoms with Crippen molar-refractivity contribution in [1.29, 1.82) is 0 Å². The van der Waals surface area contributed by atoms with E-state index in [0.29, 0.717) is 45.4 Å². The molecule has 0 aromatic heterocycles. The zero-order valence-corrected chi connectivity index (χ0v) is 33.8. The number of fused-ring (bicyclic) bond motifs is 3. The van der Waals surface area contributed by atoms with Crippen LogP contribution in [0.15, 0.2) is 18.2 Å². The Morgan fingerprint density at radius 3 is 2.33 bits per heavy atom. The van der Waals surface area contributed by atoms with Gasteiger partial charge in [0, 0.05) is 31.3 Å². The van der Waals surface area contributed by atoms with E-state index < -0.39 is 68.0 Å². The van der Waals surface area contributed by atoms with E-state index in [9.17, 15) is 32.4 Å². The highest BCUT2D eigenvalue weighted by molar-refractivity contribution is 7.90. The molecule has 4 fully saturated rings.